The van der Waals surface area contributed by atoms with Crippen molar-refractivity contribution in [3.63, 3.8) is 0 Å². The molecular weight excluding hydrogens is 254 g/mol. The number of methoxy groups -OCH3 is 1. The SMILES string of the molecule is C=CCSc1cc(Cl)ccc1CNCCOC. The van der Waals surface area contributed by atoms with Crippen LogP contribution in [0.15, 0.2) is 35.7 Å². The van der Waals surface area contributed by atoms with Gasteiger partial charge in [-0.25, -0.2) is 0 Å². The third-order valence-corrected chi connectivity index (χ3v) is 3.51. The molecule has 0 spiro atoms. The molecule has 0 heterocycles. The van der Waals surface area contributed by atoms with E-state index in [1.807, 2.05) is 18.2 Å². The van der Waals surface area contributed by atoms with E-state index in [9.17, 15) is 0 Å². The zero-order valence-electron chi connectivity index (χ0n) is 10.0. The van der Waals surface area contributed by atoms with Gasteiger partial charge in [-0.1, -0.05) is 23.7 Å². The van der Waals surface area contributed by atoms with Gasteiger partial charge in [0, 0.05) is 35.9 Å². The molecular formula is C13H18ClNOS. The normalized spacial score (nSPS) is 10.5. The van der Waals surface area contributed by atoms with Crippen molar-refractivity contribution < 1.29 is 4.74 Å². The number of hydrogen-bond donors (Lipinski definition) is 1. The fourth-order valence-corrected chi connectivity index (χ4v) is 2.42. The lowest BCUT2D eigenvalue weighted by Gasteiger charge is -2.10. The Morgan fingerprint density at radius 2 is 2.35 bits per heavy atom. The molecule has 4 heteroatoms. The molecule has 0 saturated heterocycles. The van der Waals surface area contributed by atoms with Crippen LogP contribution < -0.4 is 5.32 Å². The summed E-state index contributed by atoms with van der Waals surface area (Å²) in [5.74, 6) is 0.894. The smallest absolute Gasteiger partial charge is 0.0587 e. The van der Waals surface area contributed by atoms with Gasteiger partial charge in [0.2, 0.25) is 0 Å². The van der Waals surface area contributed by atoms with Crippen LogP contribution in [0.1, 0.15) is 5.56 Å². The van der Waals surface area contributed by atoms with Crippen LogP contribution in [0.25, 0.3) is 0 Å². The zero-order valence-corrected chi connectivity index (χ0v) is 11.6. The molecule has 0 bridgehead atoms. The zero-order chi connectivity index (χ0) is 12.5. The molecule has 1 N–H and O–H groups in total. The predicted octanol–water partition coefficient (Wildman–Crippen LogP) is 3.35. The summed E-state index contributed by atoms with van der Waals surface area (Å²) in [5, 5.41) is 4.11. The van der Waals surface area contributed by atoms with E-state index in [1.54, 1.807) is 18.9 Å². The van der Waals surface area contributed by atoms with Crippen LogP contribution >= 0.6 is 23.4 Å². The lowest BCUT2D eigenvalue weighted by molar-refractivity contribution is 0.199. The first kappa shape index (κ1) is 14.6. The van der Waals surface area contributed by atoms with Gasteiger partial charge in [0.05, 0.1) is 6.61 Å². The van der Waals surface area contributed by atoms with Crippen molar-refractivity contribution in [3.05, 3.63) is 41.4 Å². The summed E-state index contributed by atoms with van der Waals surface area (Å²) in [5.41, 5.74) is 1.26. The maximum absolute atomic E-state index is 6.00. The van der Waals surface area contributed by atoms with Gasteiger partial charge in [0.1, 0.15) is 0 Å². The minimum Gasteiger partial charge on any atom is -0.383 e. The number of halogens is 1. The average molecular weight is 272 g/mol. The molecule has 0 unspecified atom stereocenters. The topological polar surface area (TPSA) is 21.3 Å². The van der Waals surface area contributed by atoms with E-state index >= 15 is 0 Å². The third kappa shape index (κ3) is 5.59. The Labute approximate surface area is 112 Å². The van der Waals surface area contributed by atoms with Gasteiger partial charge in [0.15, 0.2) is 0 Å². The average Bonchev–Trinajstić information content (AvgIpc) is 2.34. The van der Waals surface area contributed by atoms with Crippen molar-refractivity contribution in [2.75, 3.05) is 26.0 Å². The number of ether oxygens (including phenoxy) is 1. The van der Waals surface area contributed by atoms with Crippen LogP contribution in [0.3, 0.4) is 0 Å². The van der Waals surface area contributed by atoms with Crippen molar-refractivity contribution in [1.82, 2.24) is 5.32 Å². The molecule has 0 saturated carbocycles. The maximum Gasteiger partial charge on any atom is 0.0587 e. The van der Waals surface area contributed by atoms with Gasteiger partial charge in [-0.3, -0.25) is 0 Å². The van der Waals surface area contributed by atoms with E-state index in [1.165, 1.54) is 10.5 Å². The van der Waals surface area contributed by atoms with Gasteiger partial charge in [-0.05, 0) is 17.7 Å². The first-order valence-corrected chi connectivity index (χ1v) is 6.86. The van der Waals surface area contributed by atoms with Crippen LogP contribution in [0.5, 0.6) is 0 Å². The third-order valence-electron chi connectivity index (χ3n) is 2.18. The number of rotatable bonds is 8. The first-order valence-electron chi connectivity index (χ1n) is 5.49. The number of benzene rings is 1. The van der Waals surface area contributed by atoms with Crippen molar-refractivity contribution in [3.8, 4) is 0 Å². The first-order chi connectivity index (χ1) is 8.27. The summed E-state index contributed by atoms with van der Waals surface area (Å²) in [6, 6.07) is 5.99. The Hall–Kier alpha value is -0.480. The molecule has 0 atom stereocenters. The second-order valence-electron chi connectivity index (χ2n) is 3.52. The summed E-state index contributed by atoms with van der Waals surface area (Å²) in [6.07, 6.45) is 1.90. The molecule has 17 heavy (non-hydrogen) atoms. The summed E-state index contributed by atoms with van der Waals surface area (Å²) in [7, 11) is 1.70. The quantitative estimate of drug-likeness (QED) is 0.445. The fraction of sp³-hybridized carbons (Fsp3) is 0.385. The van der Waals surface area contributed by atoms with Crippen LogP contribution in [-0.4, -0.2) is 26.0 Å². The Balaban J connectivity index is 2.58. The standard InChI is InChI=1S/C13H18ClNOS/c1-3-8-17-13-9-12(14)5-4-11(13)10-15-6-7-16-2/h3-5,9,15H,1,6-8,10H2,2H3. The highest BCUT2D eigenvalue weighted by Gasteiger charge is 2.03. The maximum atomic E-state index is 6.00. The highest BCUT2D eigenvalue weighted by atomic mass is 35.5. The molecule has 0 aliphatic rings. The van der Waals surface area contributed by atoms with E-state index in [2.05, 4.69) is 18.0 Å². The molecule has 0 aliphatic carbocycles. The minimum atomic E-state index is 0.725. The summed E-state index contributed by atoms with van der Waals surface area (Å²) in [6.45, 7) is 6.14. The molecule has 1 rings (SSSR count). The van der Waals surface area contributed by atoms with E-state index in [0.29, 0.717) is 0 Å². The van der Waals surface area contributed by atoms with Crippen LogP contribution in [0.2, 0.25) is 5.02 Å². The molecule has 0 aliphatic heterocycles. The molecule has 0 radical (unpaired) electrons. The molecule has 94 valence electrons. The Bertz CT molecular complexity index is 357. The number of nitrogens with one attached hydrogen (secondary N) is 1. The van der Waals surface area contributed by atoms with Gasteiger partial charge < -0.3 is 10.1 Å². The fourth-order valence-electron chi connectivity index (χ4n) is 1.35. The van der Waals surface area contributed by atoms with Gasteiger partial charge >= 0.3 is 0 Å². The van der Waals surface area contributed by atoms with E-state index < -0.39 is 0 Å². The summed E-state index contributed by atoms with van der Waals surface area (Å²) in [4.78, 5) is 1.21. The predicted molar refractivity (Wildman–Crippen MR) is 76.0 cm³/mol. The van der Waals surface area contributed by atoms with Crippen LogP contribution in [0, 0.1) is 0 Å². The van der Waals surface area contributed by atoms with E-state index in [-0.39, 0.29) is 0 Å². The number of hydrogen-bond acceptors (Lipinski definition) is 3. The molecule has 1 aromatic carbocycles. The summed E-state index contributed by atoms with van der Waals surface area (Å²) < 4.78 is 4.99. The summed E-state index contributed by atoms with van der Waals surface area (Å²) >= 11 is 7.75. The van der Waals surface area contributed by atoms with Crippen LogP contribution in [0.4, 0.5) is 0 Å². The van der Waals surface area contributed by atoms with Crippen LogP contribution in [-0.2, 0) is 11.3 Å². The molecule has 0 fully saturated rings. The largest absolute Gasteiger partial charge is 0.383 e. The second-order valence-corrected chi connectivity index (χ2v) is 5.02. The van der Waals surface area contributed by atoms with E-state index in [4.69, 9.17) is 16.3 Å². The van der Waals surface area contributed by atoms with Gasteiger partial charge in [-0.15, -0.1) is 18.3 Å². The minimum absolute atomic E-state index is 0.725. The van der Waals surface area contributed by atoms with Gasteiger partial charge in [-0.2, -0.15) is 0 Å². The Kier molecular flexibility index (Phi) is 7.37. The monoisotopic (exact) mass is 271 g/mol. The van der Waals surface area contributed by atoms with Crippen molar-refractivity contribution in [1.29, 1.82) is 0 Å². The molecule has 1 aromatic rings. The second kappa shape index (κ2) is 8.59. The highest BCUT2D eigenvalue weighted by Crippen LogP contribution is 2.26. The van der Waals surface area contributed by atoms with Gasteiger partial charge in [0.25, 0.3) is 0 Å². The highest BCUT2D eigenvalue weighted by molar-refractivity contribution is 7.99. The van der Waals surface area contributed by atoms with Crippen molar-refractivity contribution >= 4 is 23.4 Å². The Morgan fingerprint density at radius 3 is 3.06 bits per heavy atom. The molecule has 2 nitrogen and oxygen atoms in total. The molecule has 0 aromatic heterocycles. The lowest BCUT2D eigenvalue weighted by Crippen LogP contribution is -2.18. The Morgan fingerprint density at radius 1 is 1.53 bits per heavy atom. The van der Waals surface area contributed by atoms with E-state index in [0.717, 1.165) is 30.5 Å². The molecule has 0 amide bonds. The van der Waals surface area contributed by atoms with Crippen molar-refractivity contribution in [2.24, 2.45) is 0 Å². The number of thioether (sulfide) groups is 1. The van der Waals surface area contributed by atoms with Crippen molar-refractivity contribution in [2.45, 2.75) is 11.4 Å². The lowest BCUT2D eigenvalue weighted by atomic mass is 10.2.